The van der Waals surface area contributed by atoms with Crippen LogP contribution in [0.2, 0.25) is 0 Å². The van der Waals surface area contributed by atoms with Gasteiger partial charge in [0.15, 0.2) is 0 Å². The Morgan fingerprint density at radius 2 is 1.96 bits per heavy atom. The minimum absolute atomic E-state index is 0.333. The van der Waals surface area contributed by atoms with Gasteiger partial charge >= 0.3 is 0 Å². The highest BCUT2D eigenvalue weighted by molar-refractivity contribution is 5.75. The Balaban J connectivity index is 1.56. The van der Waals surface area contributed by atoms with Crippen molar-refractivity contribution in [3.8, 4) is 28.5 Å². The van der Waals surface area contributed by atoms with Crippen LogP contribution in [-0.2, 0) is 11.8 Å². The first-order chi connectivity index (χ1) is 13.2. The van der Waals surface area contributed by atoms with E-state index in [1.54, 1.807) is 6.20 Å². The largest absolute Gasteiger partial charge is 0.369 e. The third-order valence-electron chi connectivity index (χ3n) is 5.96. The lowest BCUT2D eigenvalue weighted by molar-refractivity contribution is 0.778. The van der Waals surface area contributed by atoms with Crippen LogP contribution in [0.4, 0.5) is 5.82 Å². The first-order valence-electron chi connectivity index (χ1n) is 9.37. The Hall–Kier alpha value is -3.19. The lowest BCUT2D eigenvalue weighted by atomic mass is 9.95. The van der Waals surface area contributed by atoms with Crippen LogP contribution >= 0.6 is 0 Å². The van der Waals surface area contributed by atoms with Crippen LogP contribution in [0.25, 0.3) is 22.4 Å². The lowest BCUT2D eigenvalue weighted by Gasteiger charge is -2.11. The molecule has 2 aromatic heterocycles. The Kier molecular flexibility index (Phi) is 3.51. The molecule has 3 heterocycles. The highest BCUT2D eigenvalue weighted by Gasteiger charge is 2.49. The zero-order valence-electron chi connectivity index (χ0n) is 15.3. The second-order valence-corrected chi connectivity index (χ2v) is 7.61. The van der Waals surface area contributed by atoms with Crippen molar-refractivity contribution in [2.45, 2.75) is 31.6 Å². The van der Waals surface area contributed by atoms with Gasteiger partial charge in [0.1, 0.15) is 5.82 Å². The van der Waals surface area contributed by atoms with Crippen molar-refractivity contribution < 1.29 is 0 Å². The maximum Gasteiger partial charge on any atom is 0.129 e. The lowest BCUT2D eigenvalue weighted by Crippen LogP contribution is -2.08. The Morgan fingerprint density at radius 3 is 2.78 bits per heavy atom. The summed E-state index contributed by atoms with van der Waals surface area (Å²) >= 11 is 0. The number of pyridine rings is 2. The molecule has 0 saturated heterocycles. The zero-order valence-corrected chi connectivity index (χ0v) is 15.3. The third-order valence-corrected chi connectivity index (χ3v) is 5.96. The molecule has 1 saturated carbocycles. The van der Waals surface area contributed by atoms with Crippen molar-refractivity contribution in [1.82, 2.24) is 9.97 Å². The molecule has 0 atom stereocenters. The number of fused-ring (bicyclic) bond motifs is 2. The predicted octanol–water partition coefficient (Wildman–Crippen LogP) is 4.64. The van der Waals surface area contributed by atoms with Gasteiger partial charge in [-0.3, -0.25) is 4.98 Å². The summed E-state index contributed by atoms with van der Waals surface area (Å²) < 4.78 is 0. The van der Waals surface area contributed by atoms with Crippen molar-refractivity contribution in [3.05, 3.63) is 65.5 Å². The van der Waals surface area contributed by atoms with Gasteiger partial charge in [-0.05, 0) is 54.7 Å². The van der Waals surface area contributed by atoms with Crippen molar-refractivity contribution in [1.29, 1.82) is 5.26 Å². The van der Waals surface area contributed by atoms with Crippen molar-refractivity contribution in [2.24, 2.45) is 0 Å². The molecule has 1 fully saturated rings. The molecule has 1 aromatic carbocycles. The highest BCUT2D eigenvalue weighted by Crippen LogP contribution is 2.54. The number of hydrogen-bond acceptors (Lipinski definition) is 4. The number of aromatic nitrogens is 2. The molecular formula is C23H20N4. The summed E-state index contributed by atoms with van der Waals surface area (Å²) in [6.45, 7) is 3.06. The standard InChI is InChI=1S/C23H20N4/c1-15-16(5-9-24)6-10-25-21(15)18-4-2-3-17(11-18)19-12-20-22(26-13-19)27-14-23(20)7-8-23/h2-4,6,10-13H,5,7-8,14H2,1H3,(H,26,27). The van der Waals surface area contributed by atoms with Crippen LogP contribution in [0, 0.1) is 18.3 Å². The second-order valence-electron chi connectivity index (χ2n) is 7.61. The summed E-state index contributed by atoms with van der Waals surface area (Å²) in [5, 5.41) is 12.5. The molecule has 1 spiro atoms. The van der Waals surface area contributed by atoms with Gasteiger partial charge in [0.25, 0.3) is 0 Å². The van der Waals surface area contributed by atoms with Crippen LogP contribution in [0.5, 0.6) is 0 Å². The fourth-order valence-electron chi connectivity index (χ4n) is 4.10. The van der Waals surface area contributed by atoms with Crippen LogP contribution < -0.4 is 5.32 Å². The van der Waals surface area contributed by atoms with Gasteiger partial charge in [-0.1, -0.05) is 18.2 Å². The van der Waals surface area contributed by atoms with Gasteiger partial charge in [0.05, 0.1) is 18.2 Å². The van der Waals surface area contributed by atoms with Crippen molar-refractivity contribution in [2.75, 3.05) is 11.9 Å². The first kappa shape index (κ1) is 16.0. The molecule has 2 aliphatic rings. The van der Waals surface area contributed by atoms with Crippen molar-refractivity contribution in [3.63, 3.8) is 0 Å². The van der Waals surface area contributed by atoms with E-state index in [0.717, 1.165) is 45.9 Å². The maximum absolute atomic E-state index is 9.04. The van der Waals surface area contributed by atoms with E-state index in [-0.39, 0.29) is 0 Å². The SMILES string of the molecule is Cc1c(CC#N)ccnc1-c1cccc(-c2cnc3c(c2)C2(CC2)CN3)c1. The van der Waals surface area contributed by atoms with Gasteiger partial charge in [0.2, 0.25) is 0 Å². The van der Waals surface area contributed by atoms with Gasteiger partial charge in [0, 0.05) is 41.0 Å². The molecule has 27 heavy (non-hydrogen) atoms. The topological polar surface area (TPSA) is 61.6 Å². The molecule has 5 rings (SSSR count). The van der Waals surface area contributed by atoms with Crippen LogP contribution in [0.3, 0.4) is 0 Å². The molecule has 4 heteroatoms. The zero-order chi connectivity index (χ0) is 18.4. The van der Waals surface area contributed by atoms with Gasteiger partial charge in [-0.15, -0.1) is 0 Å². The minimum Gasteiger partial charge on any atom is -0.369 e. The van der Waals surface area contributed by atoms with Gasteiger partial charge in [-0.25, -0.2) is 4.98 Å². The monoisotopic (exact) mass is 352 g/mol. The number of nitrogens with one attached hydrogen (secondary N) is 1. The molecule has 0 radical (unpaired) electrons. The maximum atomic E-state index is 9.04. The third kappa shape index (κ3) is 2.59. The Bertz CT molecular complexity index is 1090. The summed E-state index contributed by atoms with van der Waals surface area (Å²) in [7, 11) is 0. The van der Waals surface area contributed by atoms with E-state index in [4.69, 9.17) is 5.26 Å². The smallest absolute Gasteiger partial charge is 0.129 e. The summed E-state index contributed by atoms with van der Waals surface area (Å²) in [6, 6.07) is 14.9. The molecule has 0 unspecified atom stereocenters. The second kappa shape index (κ2) is 5.92. The Labute approximate surface area is 158 Å². The summed E-state index contributed by atoms with van der Waals surface area (Å²) in [5.41, 5.74) is 8.13. The van der Waals surface area contributed by atoms with Crippen LogP contribution in [0.1, 0.15) is 29.5 Å². The predicted molar refractivity (Wildman–Crippen MR) is 106 cm³/mol. The fourth-order valence-corrected chi connectivity index (χ4v) is 4.10. The average molecular weight is 352 g/mol. The molecule has 4 nitrogen and oxygen atoms in total. The molecule has 3 aromatic rings. The molecule has 1 aliphatic heterocycles. The molecule has 1 aliphatic carbocycles. The highest BCUT2D eigenvalue weighted by atomic mass is 15.0. The molecule has 132 valence electrons. The number of benzene rings is 1. The fraction of sp³-hybridized carbons (Fsp3) is 0.261. The van der Waals surface area contributed by atoms with E-state index < -0.39 is 0 Å². The van der Waals surface area contributed by atoms with Gasteiger partial charge in [-0.2, -0.15) is 5.26 Å². The Morgan fingerprint density at radius 1 is 1.11 bits per heavy atom. The summed E-state index contributed by atoms with van der Waals surface area (Å²) in [6.07, 6.45) is 6.67. The van der Waals surface area contributed by atoms with Gasteiger partial charge < -0.3 is 5.32 Å². The number of nitrogens with zero attached hydrogens (tertiary/aromatic N) is 3. The number of rotatable bonds is 3. The van der Waals surface area contributed by atoms with Crippen LogP contribution in [0.15, 0.2) is 48.8 Å². The van der Waals surface area contributed by atoms with E-state index in [1.165, 1.54) is 18.4 Å². The molecular weight excluding hydrogens is 332 g/mol. The number of nitriles is 1. The molecule has 0 amide bonds. The van der Waals surface area contributed by atoms with E-state index >= 15 is 0 Å². The van der Waals surface area contributed by atoms with Crippen LogP contribution in [-0.4, -0.2) is 16.5 Å². The minimum atomic E-state index is 0.333. The quantitative estimate of drug-likeness (QED) is 0.746. The van der Waals surface area contributed by atoms with E-state index in [2.05, 4.69) is 51.7 Å². The summed E-state index contributed by atoms with van der Waals surface area (Å²) in [5.74, 6) is 1.05. The van der Waals surface area contributed by atoms with E-state index in [9.17, 15) is 0 Å². The van der Waals surface area contributed by atoms with E-state index in [1.807, 2.05) is 19.2 Å². The summed E-state index contributed by atoms with van der Waals surface area (Å²) in [4.78, 5) is 9.25. The average Bonchev–Trinajstić information content (AvgIpc) is 3.40. The first-order valence-corrected chi connectivity index (χ1v) is 9.37. The molecule has 0 bridgehead atoms. The number of hydrogen-bond donors (Lipinski definition) is 1. The number of anilines is 1. The normalized spacial score (nSPS) is 15.9. The van der Waals surface area contributed by atoms with Crippen molar-refractivity contribution >= 4 is 5.82 Å². The molecule has 1 N–H and O–H groups in total. The van der Waals surface area contributed by atoms with E-state index in [0.29, 0.717) is 11.8 Å².